The summed E-state index contributed by atoms with van der Waals surface area (Å²) in [6.45, 7) is 26.3. The van der Waals surface area contributed by atoms with E-state index in [1.807, 2.05) is 87.3 Å². The normalized spacial score (nSPS) is 16.8. The Kier molecular flexibility index (Phi) is 33.8. The van der Waals surface area contributed by atoms with Crippen LogP contribution in [0, 0.1) is 47.5 Å². The van der Waals surface area contributed by atoms with E-state index in [-0.39, 0.29) is 55.9 Å². The van der Waals surface area contributed by atoms with Crippen LogP contribution in [0.25, 0.3) is 100 Å². The van der Waals surface area contributed by atoms with Gasteiger partial charge in [0.05, 0.1) is 91.1 Å². The third-order valence-corrected chi connectivity index (χ3v) is 26.5. The number of hydrogen-bond acceptors (Lipinski definition) is 17. The van der Waals surface area contributed by atoms with Crippen molar-refractivity contribution in [1.82, 2.24) is 24.4 Å². The number of quaternary nitrogens is 1. The van der Waals surface area contributed by atoms with Crippen molar-refractivity contribution >= 4 is 67.7 Å². The monoisotopic (exact) mass is 1870 g/mol. The molecule has 0 saturated carbocycles. The molecular weight excluding hydrogens is 1730 g/mol. The molecule has 720 valence electrons. The number of ether oxygens (including phenoxy) is 8. The molecule has 7 aromatic carbocycles. The maximum Gasteiger partial charge on any atom is 0.231 e. The second-order valence-corrected chi connectivity index (χ2v) is 36.2. The lowest BCUT2D eigenvalue weighted by Crippen LogP contribution is -3.00. The van der Waals surface area contributed by atoms with E-state index in [4.69, 9.17) is 51.1 Å². The Morgan fingerprint density at radius 2 is 0.868 bits per heavy atom. The summed E-state index contributed by atoms with van der Waals surface area (Å²) < 4.78 is 71.0. The number of benzene rings is 10. The average Bonchev–Trinajstić information content (AvgIpc) is 1.51. The smallest absolute Gasteiger partial charge is 0.231 e. The SMILES string of the molecule is C.CCC(=O)NCCCCNc1ccc2c(-c3cc(C)c(OC)c(C)c3)c3ccc(=[N+](C)C)cc-3oc2c1.CCC(=O)NCCOCCOCCNc1ccc2c(-c3cc(C)c(OC)c(C)c3)c3ccc(=[N+](C)C)cc-3oc2c1.CCC(=O)Nc1ccc2c(-c3cc(C)c(OC)c(C)c3)c3ccc(=[N+](C)C)cc-3oc2c1.CO[C@@H]1C=C[C@@]23c4cc5c(cc4C(O)[N@@+](C)(C[C@@H]2C)[C@H]3C1)OCO5.[Cl-]. The molecule has 10 aliphatic rings. The Morgan fingerprint density at radius 1 is 0.478 bits per heavy atom. The van der Waals surface area contributed by atoms with E-state index in [9.17, 15) is 19.5 Å². The molecule has 24 nitrogen and oxygen atoms in total. The van der Waals surface area contributed by atoms with Crippen molar-refractivity contribution in [2.24, 2.45) is 5.92 Å². The summed E-state index contributed by atoms with van der Waals surface area (Å²) in [4.78, 5) is 34.5. The highest BCUT2D eigenvalue weighted by Gasteiger charge is 2.68. The summed E-state index contributed by atoms with van der Waals surface area (Å²) in [5, 5.41) is 33.2. The van der Waals surface area contributed by atoms with Crippen LogP contribution in [-0.2, 0) is 34.0 Å². The van der Waals surface area contributed by atoms with Crippen LogP contribution in [0.5, 0.6) is 28.7 Å². The van der Waals surface area contributed by atoms with Gasteiger partial charge in [0.2, 0.25) is 46.8 Å². The lowest BCUT2D eigenvalue weighted by molar-refractivity contribution is -0.976. The van der Waals surface area contributed by atoms with Gasteiger partial charge < -0.3 is 95.2 Å². The third-order valence-electron chi connectivity index (χ3n) is 26.5. The molecule has 6 aliphatic heterocycles. The number of rotatable bonds is 27. The molecule has 0 aromatic heterocycles. The Labute approximate surface area is 806 Å². The minimum absolute atomic E-state index is 0. The fraction of sp³-hybridized carbons (Fsp3) is 0.387. The summed E-state index contributed by atoms with van der Waals surface area (Å²) in [5.74, 6) is 7.32. The number of aliphatic hydroxyl groups is 1. The highest BCUT2D eigenvalue weighted by molar-refractivity contribution is 6.06. The largest absolute Gasteiger partial charge is 1.00 e. The van der Waals surface area contributed by atoms with Gasteiger partial charge in [-0.05, 0) is 213 Å². The number of hydrogen-bond donors (Lipinski definition) is 6. The molecule has 7 aromatic rings. The van der Waals surface area contributed by atoms with E-state index < -0.39 is 6.23 Å². The van der Waals surface area contributed by atoms with Gasteiger partial charge in [-0.3, -0.25) is 18.9 Å². The molecule has 4 aliphatic carbocycles. The zero-order chi connectivity index (χ0) is 95.6. The predicted octanol–water partition coefficient (Wildman–Crippen LogP) is 15.4. The number of aryl methyl sites for hydroxylation is 6. The van der Waals surface area contributed by atoms with Gasteiger partial charge in [-0.25, -0.2) is 13.7 Å². The van der Waals surface area contributed by atoms with Crippen molar-refractivity contribution in [3.8, 4) is 96.1 Å². The number of halogens is 1. The summed E-state index contributed by atoms with van der Waals surface area (Å²) in [6, 6.07) is 55.0. The van der Waals surface area contributed by atoms with Crippen molar-refractivity contribution in [1.29, 1.82) is 0 Å². The Bertz CT molecular complexity index is 6630. The second-order valence-electron chi connectivity index (χ2n) is 36.2. The van der Waals surface area contributed by atoms with Crippen molar-refractivity contribution in [3.05, 3.63) is 230 Å². The van der Waals surface area contributed by atoms with Gasteiger partial charge in [0.15, 0.2) is 11.5 Å². The van der Waals surface area contributed by atoms with Crippen molar-refractivity contribution in [2.45, 2.75) is 139 Å². The van der Waals surface area contributed by atoms with Crippen LogP contribution < -0.4 is 92.5 Å². The molecule has 1 unspecified atom stereocenters. The van der Waals surface area contributed by atoms with E-state index in [2.05, 4.69) is 241 Å². The first-order chi connectivity index (χ1) is 64.5. The van der Waals surface area contributed by atoms with Gasteiger partial charge in [-0.15, -0.1) is 0 Å². The molecule has 3 amide bonds. The van der Waals surface area contributed by atoms with Gasteiger partial charge in [0.25, 0.3) is 0 Å². The number of carbonyl (C=O) groups excluding carboxylic acids is 3. The Hall–Kier alpha value is -12.6. The van der Waals surface area contributed by atoms with Gasteiger partial charge in [0, 0.05) is 173 Å². The molecule has 0 radical (unpaired) electrons. The number of unbranched alkanes of at least 4 members (excludes halogenated alkanes) is 1. The van der Waals surface area contributed by atoms with Crippen LogP contribution in [0.2, 0.25) is 0 Å². The van der Waals surface area contributed by atoms with Gasteiger partial charge >= 0.3 is 0 Å². The minimum Gasteiger partial charge on any atom is -1.00 e. The zero-order valence-corrected chi connectivity index (χ0v) is 82.9. The van der Waals surface area contributed by atoms with E-state index >= 15 is 0 Å². The second kappa shape index (κ2) is 45.0. The number of nitrogens with one attached hydrogen (secondary N) is 5. The molecule has 17 rings (SSSR count). The van der Waals surface area contributed by atoms with Crippen molar-refractivity contribution in [2.75, 3.05) is 160 Å². The minimum atomic E-state index is -0.540. The number of amides is 3. The standard InChI is InChI=1S/C33H41N3O5.C31H37N3O3.C27H28N2O3.C19H24NO4.CH4.ClH/c1-7-31(37)35-13-15-40-17-16-39-14-12-34-25-8-10-27-29(20-25)41-30-21-26(36(4)5)9-11-28(30)32(27)24-18-22(2)33(38-6)23(3)19-24;1-7-29(35)33-15-9-8-14-32-23-10-12-25-27(18-23)37-28-19-24(34(4)5)11-13-26(28)30(25)22-16-20(2)31(36-6)21(3)17-22;1-7-25(30)28-19-8-10-21-23(14-19)32-24-15-20(29(4)5)9-11-22(24)26(21)18-12-16(2)27(31-6)17(3)13-18;1-11-9-20(2)17-6-12(22-3)4-5-19(11,17)14-8-16-15(23-10-24-16)7-13(14)18(20)21;;/h8-11,18-21H,7,12-17H2,1-6H3,(H,35,37);10-13,16-19H,7-9,14-15H2,1-6H3,(H,33,35);8-15H,7H2,1-6H3;4-5,7-8,11-12,17-18,21H,6,9-10H2,1-3H3;1H4;1H/q;;;+1;;/p+2/t;;;11-,12+,17-,18?,19-,20-;;/m...0../s1. The Morgan fingerprint density at radius 3 is 1.28 bits per heavy atom. The fourth-order valence-electron chi connectivity index (χ4n) is 19.8. The number of likely N-dealkylation sites (N-methyl/N-ethyl adjacent to an activating group) is 1. The van der Waals surface area contributed by atoms with Crippen LogP contribution >= 0.6 is 0 Å². The number of aliphatic hydroxyl groups excluding tert-OH is 1. The number of anilines is 3. The molecule has 25 heteroatoms. The average molecular weight is 1870 g/mol. The number of methoxy groups -OCH3 is 4. The molecule has 0 spiro atoms. The number of carbonyl (C=O) groups is 3. The molecule has 1 saturated heterocycles. The number of nitrogens with zero attached hydrogens (tertiary/aromatic N) is 4. The highest BCUT2D eigenvalue weighted by Crippen LogP contribution is 2.62. The van der Waals surface area contributed by atoms with E-state index in [0.717, 1.165) is 233 Å². The molecule has 6 atom stereocenters. The lowest BCUT2D eigenvalue weighted by Gasteiger charge is -2.51. The Balaban J connectivity index is 0.000000164. The maximum absolute atomic E-state index is 11.9. The van der Waals surface area contributed by atoms with E-state index in [1.54, 1.807) is 28.4 Å². The topological polar surface area (TPSA) is 254 Å². The quantitative estimate of drug-likeness (QED) is 0.00920. The molecule has 6 heterocycles. The van der Waals surface area contributed by atoms with Crippen LogP contribution in [0.1, 0.15) is 124 Å². The molecule has 1 fully saturated rings. The molecule has 6 N–H and O–H groups in total. The van der Waals surface area contributed by atoms with Gasteiger partial charge in [-0.1, -0.05) is 47.3 Å². The summed E-state index contributed by atoms with van der Waals surface area (Å²) >= 11 is 0. The fourth-order valence-corrected chi connectivity index (χ4v) is 19.8. The predicted molar refractivity (Wildman–Crippen MR) is 542 cm³/mol. The zero-order valence-electron chi connectivity index (χ0n) is 82.1. The third kappa shape index (κ3) is 21.8. The lowest BCUT2D eigenvalue weighted by atomic mass is 9.62. The maximum atomic E-state index is 11.9. The van der Waals surface area contributed by atoms with Crippen LogP contribution in [-0.4, -0.2) is 183 Å². The highest BCUT2D eigenvalue weighted by atomic mass is 35.5. The summed E-state index contributed by atoms with van der Waals surface area (Å²) in [7, 11) is 21.3. The summed E-state index contributed by atoms with van der Waals surface area (Å²) in [5.41, 5.74) is 23.8. The van der Waals surface area contributed by atoms with Crippen LogP contribution in [0.3, 0.4) is 0 Å². The first kappa shape index (κ1) is 102. The van der Waals surface area contributed by atoms with E-state index in [1.165, 1.54) is 5.56 Å². The van der Waals surface area contributed by atoms with Crippen LogP contribution in [0.15, 0.2) is 183 Å². The van der Waals surface area contributed by atoms with Crippen molar-refractivity contribution < 1.29 is 87.5 Å². The number of fused-ring (bicyclic) bond motifs is 8. The first-order valence-electron chi connectivity index (χ1n) is 46.6. The van der Waals surface area contributed by atoms with Gasteiger partial charge in [0.1, 0.15) is 99.6 Å². The first-order valence-corrected chi connectivity index (χ1v) is 46.6. The van der Waals surface area contributed by atoms with E-state index in [0.29, 0.717) is 81.8 Å². The molecule has 136 heavy (non-hydrogen) atoms. The molecular formula is C111H137ClN9O15+3. The van der Waals surface area contributed by atoms with Crippen LogP contribution in [0.4, 0.5) is 17.1 Å². The molecule has 2 bridgehead atoms. The van der Waals surface area contributed by atoms with Crippen molar-refractivity contribution in [3.63, 3.8) is 0 Å². The van der Waals surface area contributed by atoms with Gasteiger partial charge in [-0.2, -0.15) is 0 Å². The summed E-state index contributed by atoms with van der Waals surface area (Å²) in [6.07, 6.45) is 8.40.